The molecule has 98 valence electrons. The van der Waals surface area contributed by atoms with Gasteiger partial charge < -0.3 is 0 Å². The largest absolute Gasteiger partial charge is 0.277 e. The molecule has 0 saturated carbocycles. The third-order valence-corrected chi connectivity index (χ3v) is 4.12. The lowest BCUT2D eigenvalue weighted by molar-refractivity contribution is 1.33. The normalized spacial score (nSPS) is 11.4. The first-order chi connectivity index (χ1) is 9.20. The molecule has 0 radical (unpaired) electrons. The summed E-state index contributed by atoms with van der Waals surface area (Å²) < 4.78 is 0.933. The number of halogens is 2. The summed E-state index contributed by atoms with van der Waals surface area (Å²) in [4.78, 5) is 1.18. The average Bonchev–Trinajstić information content (AvgIpc) is 2.45. The van der Waals surface area contributed by atoms with Gasteiger partial charge in [-0.3, -0.25) is 5.43 Å². The Labute approximate surface area is 130 Å². The molecule has 2 aromatic carbocycles. The molecule has 2 aromatic rings. The number of thioether (sulfide) groups is 1. The molecule has 0 spiro atoms. The molecule has 0 aromatic heterocycles. The van der Waals surface area contributed by atoms with Gasteiger partial charge >= 0.3 is 0 Å². The van der Waals surface area contributed by atoms with Crippen LogP contribution in [0.3, 0.4) is 0 Å². The number of hydrazone groups is 1. The van der Waals surface area contributed by atoms with Gasteiger partial charge in [-0.15, -0.1) is 11.8 Å². The number of anilines is 1. The zero-order valence-electron chi connectivity index (χ0n) is 10.2. The first-order valence-corrected chi connectivity index (χ1v) is 7.98. The first kappa shape index (κ1) is 14.4. The summed E-state index contributed by atoms with van der Waals surface area (Å²) in [6, 6.07) is 15.7. The van der Waals surface area contributed by atoms with Crippen LogP contribution >= 0.6 is 39.3 Å². The van der Waals surface area contributed by atoms with Crippen LogP contribution in [0.25, 0.3) is 0 Å². The highest BCUT2D eigenvalue weighted by Crippen LogP contribution is 2.25. The van der Waals surface area contributed by atoms with E-state index in [4.69, 9.17) is 11.6 Å². The summed E-state index contributed by atoms with van der Waals surface area (Å²) in [6.45, 7) is 0. The van der Waals surface area contributed by atoms with Crippen LogP contribution in [-0.4, -0.2) is 11.4 Å². The Morgan fingerprint density at radius 2 is 1.95 bits per heavy atom. The van der Waals surface area contributed by atoms with Crippen LogP contribution in [0.4, 0.5) is 5.69 Å². The highest BCUT2D eigenvalue weighted by atomic mass is 79.9. The standard InChI is InChI=1S/C14H12BrClN2S/c1-19-11-7-8-12(13(15)9-11)14(16)18-17-10-5-3-2-4-6-10/h2-9,17H,1H3. The van der Waals surface area contributed by atoms with Gasteiger partial charge in [0.25, 0.3) is 0 Å². The van der Waals surface area contributed by atoms with E-state index in [1.165, 1.54) is 4.90 Å². The van der Waals surface area contributed by atoms with Crippen molar-refractivity contribution in [3.63, 3.8) is 0 Å². The summed E-state index contributed by atoms with van der Waals surface area (Å²) in [7, 11) is 0. The Bertz CT molecular complexity index is 587. The molecule has 2 nitrogen and oxygen atoms in total. The quantitative estimate of drug-likeness (QED) is 0.464. The SMILES string of the molecule is CSc1ccc(C(Cl)=NNc2ccccc2)c(Br)c1. The number of nitrogens with one attached hydrogen (secondary N) is 1. The fourth-order valence-corrected chi connectivity index (χ4v) is 2.96. The lowest BCUT2D eigenvalue weighted by atomic mass is 10.2. The number of nitrogens with zero attached hydrogens (tertiary/aromatic N) is 1. The Morgan fingerprint density at radius 1 is 1.21 bits per heavy atom. The maximum atomic E-state index is 6.21. The zero-order valence-corrected chi connectivity index (χ0v) is 13.4. The first-order valence-electron chi connectivity index (χ1n) is 5.59. The molecule has 0 saturated heterocycles. The average molecular weight is 356 g/mol. The van der Waals surface area contributed by atoms with E-state index in [0.29, 0.717) is 5.17 Å². The maximum absolute atomic E-state index is 6.21. The topological polar surface area (TPSA) is 24.4 Å². The van der Waals surface area contributed by atoms with E-state index >= 15 is 0 Å². The van der Waals surface area contributed by atoms with Gasteiger partial charge in [-0.05, 0) is 36.6 Å². The van der Waals surface area contributed by atoms with Gasteiger partial charge in [0.15, 0.2) is 5.17 Å². The minimum Gasteiger partial charge on any atom is -0.277 e. The van der Waals surface area contributed by atoms with Crippen molar-refractivity contribution < 1.29 is 0 Å². The van der Waals surface area contributed by atoms with Crippen LogP contribution in [0.1, 0.15) is 5.56 Å². The van der Waals surface area contributed by atoms with Crippen molar-refractivity contribution in [2.75, 3.05) is 11.7 Å². The van der Waals surface area contributed by atoms with Gasteiger partial charge in [0.2, 0.25) is 0 Å². The minimum atomic E-state index is 0.420. The Hall–Kier alpha value is -0.970. The van der Waals surface area contributed by atoms with E-state index in [-0.39, 0.29) is 0 Å². The summed E-state index contributed by atoms with van der Waals surface area (Å²) in [5, 5.41) is 4.60. The third kappa shape index (κ3) is 4.00. The van der Waals surface area contributed by atoms with Gasteiger partial charge in [0.05, 0.1) is 5.69 Å². The Kier molecular flexibility index (Phi) is 5.31. The fourth-order valence-electron chi connectivity index (χ4n) is 1.48. The zero-order chi connectivity index (χ0) is 13.7. The molecule has 19 heavy (non-hydrogen) atoms. The molecular weight excluding hydrogens is 344 g/mol. The molecule has 0 unspecified atom stereocenters. The summed E-state index contributed by atoms with van der Waals surface area (Å²) in [5.74, 6) is 0. The van der Waals surface area contributed by atoms with Crippen LogP contribution in [0.2, 0.25) is 0 Å². The van der Waals surface area contributed by atoms with E-state index in [1.807, 2.05) is 54.8 Å². The van der Waals surface area contributed by atoms with Crippen LogP contribution in [0.5, 0.6) is 0 Å². The molecule has 2 rings (SSSR count). The van der Waals surface area contributed by atoms with Crippen molar-refractivity contribution in [3.05, 3.63) is 58.6 Å². The van der Waals surface area contributed by atoms with Crippen LogP contribution < -0.4 is 5.43 Å². The second kappa shape index (κ2) is 6.98. The minimum absolute atomic E-state index is 0.420. The van der Waals surface area contributed by atoms with E-state index in [2.05, 4.69) is 26.5 Å². The van der Waals surface area contributed by atoms with Crippen molar-refractivity contribution >= 4 is 50.2 Å². The summed E-state index contributed by atoms with van der Waals surface area (Å²) in [6.07, 6.45) is 2.04. The van der Waals surface area contributed by atoms with Gasteiger partial charge in [0.1, 0.15) is 0 Å². The monoisotopic (exact) mass is 354 g/mol. The number of hydrogen-bond acceptors (Lipinski definition) is 3. The van der Waals surface area contributed by atoms with E-state index in [0.717, 1.165) is 15.7 Å². The number of rotatable bonds is 4. The van der Waals surface area contributed by atoms with Crippen molar-refractivity contribution in [1.82, 2.24) is 0 Å². The molecule has 0 aliphatic rings. The molecule has 0 atom stereocenters. The predicted octanol–water partition coefficient (Wildman–Crippen LogP) is 5.18. The summed E-state index contributed by atoms with van der Waals surface area (Å²) in [5.41, 5.74) is 4.69. The molecule has 0 amide bonds. The maximum Gasteiger partial charge on any atom is 0.157 e. The van der Waals surface area contributed by atoms with Crippen molar-refractivity contribution in [1.29, 1.82) is 0 Å². The second-order valence-electron chi connectivity index (χ2n) is 3.73. The Balaban J connectivity index is 2.17. The van der Waals surface area contributed by atoms with Crippen LogP contribution in [0, 0.1) is 0 Å². The smallest absolute Gasteiger partial charge is 0.157 e. The van der Waals surface area contributed by atoms with E-state index < -0.39 is 0 Å². The third-order valence-electron chi connectivity index (χ3n) is 2.46. The van der Waals surface area contributed by atoms with Crippen LogP contribution in [-0.2, 0) is 0 Å². The van der Waals surface area contributed by atoms with Crippen molar-refractivity contribution in [3.8, 4) is 0 Å². The fraction of sp³-hybridized carbons (Fsp3) is 0.0714. The van der Waals surface area contributed by atoms with Gasteiger partial charge in [0, 0.05) is 14.9 Å². The van der Waals surface area contributed by atoms with Gasteiger partial charge in [-0.25, -0.2) is 0 Å². The van der Waals surface area contributed by atoms with Gasteiger partial charge in [-0.1, -0.05) is 45.7 Å². The lowest BCUT2D eigenvalue weighted by Gasteiger charge is -2.05. The summed E-state index contributed by atoms with van der Waals surface area (Å²) >= 11 is 11.4. The molecule has 0 fully saturated rings. The molecule has 1 N–H and O–H groups in total. The molecule has 0 aliphatic carbocycles. The number of benzene rings is 2. The Morgan fingerprint density at radius 3 is 2.58 bits per heavy atom. The highest BCUT2D eigenvalue weighted by Gasteiger charge is 2.06. The molecule has 0 bridgehead atoms. The van der Waals surface area contributed by atoms with Crippen LogP contribution in [0.15, 0.2) is 63.0 Å². The molecular formula is C14H12BrClN2S. The van der Waals surface area contributed by atoms with E-state index in [1.54, 1.807) is 11.8 Å². The molecule has 0 aliphatic heterocycles. The van der Waals surface area contributed by atoms with Gasteiger partial charge in [-0.2, -0.15) is 5.10 Å². The molecule has 5 heteroatoms. The molecule has 0 heterocycles. The number of hydrogen-bond donors (Lipinski definition) is 1. The second-order valence-corrected chi connectivity index (χ2v) is 5.82. The number of para-hydroxylation sites is 1. The van der Waals surface area contributed by atoms with E-state index in [9.17, 15) is 0 Å². The van der Waals surface area contributed by atoms with Crippen molar-refractivity contribution in [2.45, 2.75) is 4.90 Å². The van der Waals surface area contributed by atoms with Crippen molar-refractivity contribution in [2.24, 2.45) is 5.10 Å². The highest BCUT2D eigenvalue weighted by molar-refractivity contribution is 9.10. The predicted molar refractivity (Wildman–Crippen MR) is 88.4 cm³/mol. The lowest BCUT2D eigenvalue weighted by Crippen LogP contribution is -1.98.